The molecule has 2 heterocycles. The van der Waals surface area contributed by atoms with Crippen LogP contribution in [0.25, 0.3) is 22.6 Å². The quantitative estimate of drug-likeness (QED) is 0.532. The molecule has 1 amide bonds. The van der Waals surface area contributed by atoms with E-state index in [9.17, 15) is 4.79 Å². The van der Waals surface area contributed by atoms with Crippen LogP contribution in [0, 0.1) is 0 Å². The van der Waals surface area contributed by atoms with Crippen LogP contribution in [-0.2, 0) is 5.41 Å². The van der Waals surface area contributed by atoms with Gasteiger partial charge in [-0.1, -0.05) is 61.4 Å². The Labute approximate surface area is 167 Å². The molecule has 29 heavy (non-hydrogen) atoms. The van der Waals surface area contributed by atoms with E-state index < -0.39 is 0 Å². The van der Waals surface area contributed by atoms with Gasteiger partial charge in [0.05, 0.1) is 0 Å². The van der Waals surface area contributed by atoms with Gasteiger partial charge >= 0.3 is 0 Å². The van der Waals surface area contributed by atoms with Gasteiger partial charge in [-0.2, -0.15) is 4.98 Å². The molecule has 0 saturated heterocycles. The first kappa shape index (κ1) is 18.6. The fourth-order valence-electron chi connectivity index (χ4n) is 2.67. The molecule has 0 saturated carbocycles. The van der Waals surface area contributed by atoms with Crippen molar-refractivity contribution < 1.29 is 13.8 Å². The molecule has 0 aliphatic heterocycles. The zero-order valence-corrected chi connectivity index (χ0v) is 16.3. The van der Waals surface area contributed by atoms with Gasteiger partial charge in [0.2, 0.25) is 17.5 Å². The highest BCUT2D eigenvalue weighted by Crippen LogP contribution is 2.25. The Bertz CT molecular complexity index is 1120. The summed E-state index contributed by atoms with van der Waals surface area (Å²) in [6.45, 7) is 6.03. The Hall–Kier alpha value is -3.74. The SMILES string of the molecule is CC(C)(C)c1nc(-c2ccc(NC(=O)c3cc(-c4ccccc4)no3)cc2)no1. The van der Waals surface area contributed by atoms with Crippen molar-refractivity contribution in [1.29, 1.82) is 0 Å². The van der Waals surface area contributed by atoms with Gasteiger partial charge in [0.1, 0.15) is 5.69 Å². The molecule has 2 aromatic heterocycles. The van der Waals surface area contributed by atoms with Crippen molar-refractivity contribution >= 4 is 11.6 Å². The fourth-order valence-corrected chi connectivity index (χ4v) is 2.67. The number of hydrogen-bond donors (Lipinski definition) is 1. The first-order chi connectivity index (χ1) is 13.9. The van der Waals surface area contributed by atoms with E-state index in [1.165, 1.54) is 0 Å². The number of hydrogen-bond acceptors (Lipinski definition) is 6. The van der Waals surface area contributed by atoms with Crippen LogP contribution >= 0.6 is 0 Å². The lowest BCUT2D eigenvalue weighted by Gasteiger charge is -2.10. The van der Waals surface area contributed by atoms with Crippen LogP contribution in [0.4, 0.5) is 5.69 Å². The highest BCUT2D eigenvalue weighted by Gasteiger charge is 2.22. The summed E-state index contributed by atoms with van der Waals surface area (Å²) in [5.41, 5.74) is 2.70. The first-order valence-corrected chi connectivity index (χ1v) is 9.18. The lowest BCUT2D eigenvalue weighted by molar-refractivity contribution is 0.0988. The van der Waals surface area contributed by atoms with Crippen molar-refractivity contribution in [1.82, 2.24) is 15.3 Å². The topological polar surface area (TPSA) is 94.1 Å². The fraction of sp³-hybridized carbons (Fsp3) is 0.182. The Balaban J connectivity index is 1.46. The number of amides is 1. The van der Waals surface area contributed by atoms with E-state index in [2.05, 4.69) is 20.6 Å². The van der Waals surface area contributed by atoms with Crippen LogP contribution in [0.15, 0.2) is 69.7 Å². The second-order valence-corrected chi connectivity index (χ2v) is 7.65. The Morgan fingerprint density at radius 3 is 2.28 bits per heavy atom. The van der Waals surface area contributed by atoms with E-state index in [1.807, 2.05) is 63.2 Å². The van der Waals surface area contributed by atoms with Gasteiger partial charge in [0, 0.05) is 28.3 Å². The van der Waals surface area contributed by atoms with Crippen molar-refractivity contribution in [3.8, 4) is 22.6 Å². The van der Waals surface area contributed by atoms with Crippen LogP contribution < -0.4 is 5.32 Å². The predicted octanol–water partition coefficient (Wildman–Crippen LogP) is 4.94. The third-order valence-corrected chi connectivity index (χ3v) is 4.27. The molecule has 2 aromatic carbocycles. The van der Waals surface area contributed by atoms with Crippen molar-refractivity contribution in [3.63, 3.8) is 0 Å². The maximum atomic E-state index is 12.4. The van der Waals surface area contributed by atoms with E-state index in [-0.39, 0.29) is 17.1 Å². The minimum Gasteiger partial charge on any atom is -0.350 e. The number of aromatic nitrogens is 3. The molecule has 0 radical (unpaired) electrons. The van der Waals surface area contributed by atoms with Crippen molar-refractivity contribution in [2.45, 2.75) is 26.2 Å². The summed E-state index contributed by atoms with van der Waals surface area (Å²) >= 11 is 0. The van der Waals surface area contributed by atoms with Gasteiger partial charge in [0.25, 0.3) is 5.91 Å². The molecule has 0 spiro atoms. The standard InChI is InChI=1S/C22H20N4O3/c1-22(2,3)21-24-19(26-29-21)15-9-11-16(12-10-15)23-20(27)18-13-17(25-28-18)14-7-5-4-6-8-14/h4-13H,1-3H3,(H,23,27). The first-order valence-electron chi connectivity index (χ1n) is 9.18. The molecule has 0 aliphatic rings. The van der Waals surface area contributed by atoms with Crippen LogP contribution in [-0.4, -0.2) is 21.2 Å². The van der Waals surface area contributed by atoms with Crippen LogP contribution in [0.1, 0.15) is 37.2 Å². The summed E-state index contributed by atoms with van der Waals surface area (Å²) in [5, 5.41) is 10.8. The average molecular weight is 388 g/mol. The Morgan fingerprint density at radius 2 is 1.62 bits per heavy atom. The summed E-state index contributed by atoms with van der Waals surface area (Å²) < 4.78 is 10.5. The molecule has 7 nitrogen and oxygen atoms in total. The highest BCUT2D eigenvalue weighted by molar-refractivity contribution is 6.02. The van der Waals surface area contributed by atoms with E-state index in [0.29, 0.717) is 23.1 Å². The van der Waals surface area contributed by atoms with Crippen molar-refractivity contribution in [2.75, 3.05) is 5.32 Å². The molecule has 0 atom stereocenters. The largest absolute Gasteiger partial charge is 0.350 e. The predicted molar refractivity (Wildman–Crippen MR) is 108 cm³/mol. The lowest BCUT2D eigenvalue weighted by Crippen LogP contribution is -2.11. The molecule has 0 aliphatic carbocycles. The summed E-state index contributed by atoms with van der Waals surface area (Å²) in [4.78, 5) is 16.9. The lowest BCUT2D eigenvalue weighted by atomic mass is 9.97. The van der Waals surface area contributed by atoms with Crippen molar-refractivity contribution in [3.05, 3.63) is 72.3 Å². The summed E-state index contributed by atoms with van der Waals surface area (Å²) in [5.74, 6) is 0.850. The summed E-state index contributed by atoms with van der Waals surface area (Å²) in [6, 6.07) is 18.3. The number of carbonyl (C=O) groups excluding carboxylic acids is 1. The zero-order valence-electron chi connectivity index (χ0n) is 16.3. The number of carbonyl (C=O) groups is 1. The molecular weight excluding hydrogens is 368 g/mol. The third-order valence-electron chi connectivity index (χ3n) is 4.27. The van der Waals surface area contributed by atoms with E-state index in [0.717, 1.165) is 11.1 Å². The van der Waals surface area contributed by atoms with Crippen LogP contribution in [0.3, 0.4) is 0 Å². The van der Waals surface area contributed by atoms with Crippen LogP contribution in [0.5, 0.6) is 0 Å². The van der Waals surface area contributed by atoms with Gasteiger partial charge < -0.3 is 14.4 Å². The molecule has 4 rings (SSSR count). The van der Waals surface area contributed by atoms with E-state index in [4.69, 9.17) is 9.05 Å². The number of rotatable bonds is 4. The van der Waals surface area contributed by atoms with E-state index >= 15 is 0 Å². The molecule has 0 bridgehead atoms. The molecule has 0 fully saturated rings. The summed E-state index contributed by atoms with van der Waals surface area (Å²) in [6.07, 6.45) is 0. The normalized spacial score (nSPS) is 11.4. The second kappa shape index (κ2) is 7.35. The van der Waals surface area contributed by atoms with Crippen molar-refractivity contribution in [2.24, 2.45) is 0 Å². The minimum absolute atomic E-state index is 0.140. The van der Waals surface area contributed by atoms with Gasteiger partial charge in [-0.25, -0.2) is 0 Å². The maximum absolute atomic E-state index is 12.4. The van der Waals surface area contributed by atoms with Crippen LogP contribution in [0.2, 0.25) is 0 Å². The number of benzene rings is 2. The monoisotopic (exact) mass is 388 g/mol. The molecule has 7 heteroatoms. The number of nitrogens with zero attached hydrogens (tertiary/aromatic N) is 3. The number of nitrogens with one attached hydrogen (secondary N) is 1. The molecule has 4 aromatic rings. The van der Waals surface area contributed by atoms with Gasteiger partial charge in [-0.3, -0.25) is 4.79 Å². The molecule has 1 N–H and O–H groups in total. The number of anilines is 1. The smallest absolute Gasteiger partial charge is 0.294 e. The Kier molecular flexibility index (Phi) is 4.72. The summed E-state index contributed by atoms with van der Waals surface area (Å²) in [7, 11) is 0. The van der Waals surface area contributed by atoms with Gasteiger partial charge in [-0.15, -0.1) is 0 Å². The van der Waals surface area contributed by atoms with Gasteiger partial charge in [-0.05, 0) is 24.3 Å². The second-order valence-electron chi connectivity index (χ2n) is 7.65. The zero-order chi connectivity index (χ0) is 20.4. The average Bonchev–Trinajstić information content (AvgIpc) is 3.39. The minimum atomic E-state index is -0.373. The maximum Gasteiger partial charge on any atom is 0.294 e. The van der Waals surface area contributed by atoms with E-state index in [1.54, 1.807) is 18.2 Å². The van der Waals surface area contributed by atoms with Gasteiger partial charge in [0.15, 0.2) is 0 Å². The molecular formula is C22H20N4O3. The highest BCUT2D eigenvalue weighted by atomic mass is 16.5. The Morgan fingerprint density at radius 1 is 0.897 bits per heavy atom. The molecule has 0 unspecified atom stereocenters. The third kappa shape index (κ3) is 4.08. The molecule has 146 valence electrons.